The third kappa shape index (κ3) is 6.11. The van der Waals surface area contributed by atoms with Crippen LogP contribution in [0.3, 0.4) is 0 Å². The predicted octanol–water partition coefficient (Wildman–Crippen LogP) is -3.40. The molecule has 0 radical (unpaired) electrons. The molecule has 19 nitrogen and oxygen atoms in total. The molecule has 3 aliphatic heterocycles. The number of amidine groups is 1. The van der Waals surface area contributed by atoms with E-state index in [0.29, 0.717) is 0 Å². The molecule has 2 fully saturated rings. The van der Waals surface area contributed by atoms with Crippen LogP contribution in [-0.4, -0.2) is 108 Å². The van der Waals surface area contributed by atoms with Gasteiger partial charge in [0.25, 0.3) is 5.91 Å². The summed E-state index contributed by atoms with van der Waals surface area (Å²) in [5.41, 5.74) is 5.51. The molecule has 1 amide bonds. The van der Waals surface area contributed by atoms with E-state index in [-0.39, 0.29) is 18.5 Å². The molecular formula is C11H20N5O14P3. The van der Waals surface area contributed by atoms with Gasteiger partial charge in [0, 0.05) is 0 Å². The first kappa shape index (κ1) is 26.5. The van der Waals surface area contributed by atoms with Gasteiger partial charge in [0.2, 0.25) is 5.96 Å². The first-order valence-electron chi connectivity index (χ1n) is 8.73. The Balaban J connectivity index is 1.67. The summed E-state index contributed by atoms with van der Waals surface area (Å²) in [5.74, 6) is -0.858. The second-order valence-corrected chi connectivity index (χ2v) is 11.4. The van der Waals surface area contributed by atoms with Crippen molar-refractivity contribution >= 4 is 41.2 Å². The number of aliphatic hydroxyl groups is 2. The van der Waals surface area contributed by atoms with Crippen molar-refractivity contribution in [2.75, 3.05) is 20.3 Å². The Morgan fingerprint density at radius 1 is 1.09 bits per heavy atom. The van der Waals surface area contributed by atoms with E-state index in [1.165, 1.54) is 9.80 Å². The van der Waals surface area contributed by atoms with Crippen LogP contribution in [0.2, 0.25) is 0 Å². The van der Waals surface area contributed by atoms with Gasteiger partial charge in [-0.1, -0.05) is 0 Å². The van der Waals surface area contributed by atoms with E-state index < -0.39 is 66.6 Å². The molecule has 22 heteroatoms. The number of fused-ring (bicyclic) bond motifs is 1. The number of ether oxygens (including phenoxy) is 1. The minimum absolute atomic E-state index is 0.00488. The highest BCUT2D eigenvalue weighted by Crippen LogP contribution is 2.66. The lowest BCUT2D eigenvalue weighted by Crippen LogP contribution is -2.48. The molecular weight excluding hydrogens is 519 g/mol. The van der Waals surface area contributed by atoms with E-state index in [4.69, 9.17) is 25.2 Å². The number of likely N-dealkylation sites (N-methyl/N-ethyl adjacent to an activating group) is 1. The van der Waals surface area contributed by atoms with Gasteiger partial charge >= 0.3 is 23.5 Å². The van der Waals surface area contributed by atoms with E-state index in [1.807, 2.05) is 0 Å². The maximum atomic E-state index is 12.1. The lowest BCUT2D eigenvalue weighted by molar-refractivity contribution is -0.120. The monoisotopic (exact) mass is 539 g/mol. The van der Waals surface area contributed by atoms with Gasteiger partial charge in [-0.2, -0.15) is 18.6 Å². The Morgan fingerprint density at radius 2 is 1.73 bits per heavy atom. The summed E-state index contributed by atoms with van der Waals surface area (Å²) in [6.45, 7) is -0.990. The SMILES string of the molecule is CN1CN(C2OC(COP(=O)(O)OP(=O)(O)OP(=O)(O)O)C(O)C2O)C2=NC(N)=NC(=O)C21. The quantitative estimate of drug-likeness (QED) is 0.148. The number of hydrogen-bond donors (Lipinski definition) is 7. The zero-order chi connectivity index (χ0) is 24.9. The lowest BCUT2D eigenvalue weighted by atomic mass is 10.1. The van der Waals surface area contributed by atoms with Crippen LogP contribution >= 0.6 is 23.5 Å². The van der Waals surface area contributed by atoms with Gasteiger partial charge in [-0.05, 0) is 7.05 Å². The molecule has 33 heavy (non-hydrogen) atoms. The van der Waals surface area contributed by atoms with Crippen molar-refractivity contribution in [2.45, 2.75) is 30.6 Å². The third-order valence-electron chi connectivity index (χ3n) is 4.51. The Hall–Kier alpha value is -1.14. The number of nitrogens with two attached hydrogens (primary N) is 1. The van der Waals surface area contributed by atoms with Crippen molar-refractivity contribution in [3.63, 3.8) is 0 Å². The van der Waals surface area contributed by atoms with Gasteiger partial charge < -0.3 is 45.2 Å². The predicted molar refractivity (Wildman–Crippen MR) is 103 cm³/mol. The van der Waals surface area contributed by atoms with Crippen LogP contribution in [0.25, 0.3) is 0 Å². The largest absolute Gasteiger partial charge is 0.490 e. The third-order valence-corrected chi connectivity index (χ3v) is 8.31. The Morgan fingerprint density at radius 3 is 2.33 bits per heavy atom. The van der Waals surface area contributed by atoms with E-state index in [0.717, 1.165) is 0 Å². The van der Waals surface area contributed by atoms with Crippen LogP contribution in [0.1, 0.15) is 0 Å². The zero-order valence-electron chi connectivity index (χ0n) is 16.5. The molecule has 2 saturated heterocycles. The van der Waals surface area contributed by atoms with E-state index >= 15 is 0 Å². The fraction of sp³-hybridized carbons (Fsp3) is 0.727. The highest BCUT2D eigenvalue weighted by atomic mass is 31.3. The van der Waals surface area contributed by atoms with Crippen LogP contribution in [-0.2, 0) is 36.4 Å². The Labute approximate surface area is 184 Å². The van der Waals surface area contributed by atoms with Crippen LogP contribution in [0.5, 0.6) is 0 Å². The molecule has 0 aliphatic carbocycles. The highest BCUT2D eigenvalue weighted by Gasteiger charge is 2.52. The van der Waals surface area contributed by atoms with Crippen LogP contribution < -0.4 is 5.73 Å². The van der Waals surface area contributed by atoms with Crippen molar-refractivity contribution in [1.29, 1.82) is 0 Å². The number of amides is 1. The van der Waals surface area contributed by atoms with Crippen LogP contribution in [0.4, 0.5) is 0 Å². The summed E-state index contributed by atoms with van der Waals surface area (Å²) in [5, 5.41) is 20.6. The molecule has 0 spiro atoms. The minimum atomic E-state index is -5.73. The van der Waals surface area contributed by atoms with Crippen LogP contribution in [0, 0.1) is 0 Å². The summed E-state index contributed by atoms with van der Waals surface area (Å²) < 4.78 is 50.9. The summed E-state index contributed by atoms with van der Waals surface area (Å²) in [6, 6.07) is -0.917. The summed E-state index contributed by atoms with van der Waals surface area (Å²) in [7, 11) is -15.2. The van der Waals surface area contributed by atoms with Gasteiger partial charge in [-0.15, -0.1) is 0 Å². The molecule has 0 aromatic rings. The smallest absolute Gasteiger partial charge is 0.387 e. The number of carbonyl (C=O) groups is 1. The first-order chi connectivity index (χ1) is 15.0. The van der Waals surface area contributed by atoms with Crippen molar-refractivity contribution in [2.24, 2.45) is 15.7 Å². The standard InChI is InChI=1S/C11H20N5O14P3/c1-15-3-16(8-5(15)9(19)14-11(12)13-8)10-7(18)6(17)4(28-10)2-27-32(23,24)30-33(25,26)29-31(20,21)22/h4-7,10,17-18H,2-3H2,1H3,(H,23,24)(H,25,26)(H2,12,14,19)(H2,20,21,22). The number of guanidine groups is 1. The van der Waals surface area contributed by atoms with Crippen molar-refractivity contribution < 1.29 is 66.2 Å². The second kappa shape index (κ2) is 9.14. The number of phosphoric ester groups is 1. The lowest BCUT2D eigenvalue weighted by Gasteiger charge is -2.28. The van der Waals surface area contributed by atoms with Gasteiger partial charge in [0.05, 0.1) is 13.3 Å². The summed E-state index contributed by atoms with van der Waals surface area (Å²) >= 11 is 0. The Bertz CT molecular complexity index is 1010. The number of phosphoric acid groups is 3. The molecule has 0 saturated carbocycles. The van der Waals surface area contributed by atoms with Gasteiger partial charge in [-0.25, -0.2) is 13.7 Å². The van der Waals surface area contributed by atoms with Gasteiger partial charge in [0.1, 0.15) is 24.1 Å². The van der Waals surface area contributed by atoms with Crippen molar-refractivity contribution in [1.82, 2.24) is 9.80 Å². The molecule has 7 unspecified atom stereocenters. The van der Waals surface area contributed by atoms with E-state index in [1.54, 1.807) is 7.05 Å². The van der Waals surface area contributed by atoms with E-state index in [9.17, 15) is 33.6 Å². The molecule has 7 atom stereocenters. The molecule has 3 aliphatic rings. The van der Waals surface area contributed by atoms with E-state index in [2.05, 4.69) is 23.1 Å². The van der Waals surface area contributed by atoms with Gasteiger partial charge in [0.15, 0.2) is 12.3 Å². The Kier molecular flexibility index (Phi) is 7.33. The fourth-order valence-corrected chi connectivity index (χ4v) is 6.33. The average Bonchev–Trinajstić information content (AvgIpc) is 3.07. The highest BCUT2D eigenvalue weighted by molar-refractivity contribution is 7.66. The maximum absolute atomic E-state index is 12.1. The number of carbonyl (C=O) groups excluding carboxylic acids is 1. The first-order valence-corrected chi connectivity index (χ1v) is 13.3. The van der Waals surface area contributed by atoms with Crippen molar-refractivity contribution in [3.05, 3.63) is 0 Å². The topological polar surface area (TPSA) is 284 Å². The summed E-state index contributed by atoms with van der Waals surface area (Å²) in [4.78, 5) is 58.2. The average molecular weight is 539 g/mol. The molecule has 3 rings (SSSR count). The van der Waals surface area contributed by atoms with Crippen molar-refractivity contribution in [3.8, 4) is 0 Å². The maximum Gasteiger partial charge on any atom is 0.490 e. The molecule has 3 heterocycles. The molecule has 0 bridgehead atoms. The molecule has 8 N–H and O–H groups in total. The number of hydrogen-bond acceptors (Lipinski definition) is 14. The van der Waals surface area contributed by atoms with Crippen LogP contribution in [0.15, 0.2) is 9.98 Å². The molecule has 0 aromatic carbocycles. The number of aliphatic hydroxyl groups excluding tert-OH is 2. The molecule has 188 valence electrons. The normalized spacial score (nSPS) is 34.5. The van der Waals surface area contributed by atoms with Gasteiger partial charge in [-0.3, -0.25) is 14.2 Å². The number of rotatable bonds is 8. The summed E-state index contributed by atoms with van der Waals surface area (Å²) in [6.07, 6.45) is -6.16. The second-order valence-electron chi connectivity index (χ2n) is 6.98. The number of aliphatic imine (C=N–C) groups is 2. The molecule has 0 aromatic heterocycles. The fourth-order valence-electron chi connectivity index (χ4n) is 3.30. The minimum Gasteiger partial charge on any atom is -0.387 e. The number of nitrogens with zero attached hydrogens (tertiary/aromatic N) is 4. The zero-order valence-corrected chi connectivity index (χ0v) is 19.1.